The Labute approximate surface area is 109 Å². The molecule has 2 aliphatic heterocycles. The molecule has 2 atom stereocenters. The molecule has 2 saturated heterocycles. The van der Waals surface area contributed by atoms with Crippen LogP contribution >= 0.6 is 0 Å². The van der Waals surface area contributed by atoms with E-state index in [1.165, 1.54) is 6.42 Å². The van der Waals surface area contributed by atoms with Gasteiger partial charge in [-0.05, 0) is 25.7 Å². The quantitative estimate of drug-likeness (QED) is 0.805. The van der Waals surface area contributed by atoms with E-state index < -0.39 is 0 Å². The van der Waals surface area contributed by atoms with E-state index in [-0.39, 0.29) is 17.6 Å². The van der Waals surface area contributed by atoms with E-state index in [2.05, 4.69) is 0 Å². The van der Waals surface area contributed by atoms with E-state index in [4.69, 9.17) is 10.5 Å². The summed E-state index contributed by atoms with van der Waals surface area (Å²) in [6.45, 7) is 2.09. The summed E-state index contributed by atoms with van der Waals surface area (Å²) >= 11 is 0. The van der Waals surface area contributed by atoms with Gasteiger partial charge in [-0.1, -0.05) is 19.3 Å². The van der Waals surface area contributed by atoms with Gasteiger partial charge in [-0.25, -0.2) is 0 Å². The molecule has 1 saturated carbocycles. The van der Waals surface area contributed by atoms with Crippen LogP contribution in [-0.2, 0) is 9.53 Å². The summed E-state index contributed by atoms with van der Waals surface area (Å²) < 4.78 is 5.81. The average Bonchev–Trinajstić information content (AvgIpc) is 2.77. The highest BCUT2D eigenvalue weighted by Gasteiger charge is 2.44. The van der Waals surface area contributed by atoms with Crippen molar-refractivity contribution in [3.05, 3.63) is 0 Å². The van der Waals surface area contributed by atoms with Crippen molar-refractivity contribution in [2.24, 2.45) is 11.1 Å². The molecule has 4 heteroatoms. The van der Waals surface area contributed by atoms with Crippen LogP contribution < -0.4 is 5.73 Å². The lowest BCUT2D eigenvalue weighted by Gasteiger charge is -2.41. The number of hydrogen-bond acceptors (Lipinski definition) is 3. The van der Waals surface area contributed by atoms with Crippen molar-refractivity contribution in [1.29, 1.82) is 0 Å². The fraction of sp³-hybridized carbons (Fsp3) is 0.929. The van der Waals surface area contributed by atoms with Crippen LogP contribution in [-0.4, -0.2) is 42.6 Å². The molecule has 2 N–H and O–H groups in total. The van der Waals surface area contributed by atoms with E-state index in [9.17, 15) is 4.79 Å². The molecular weight excluding hydrogens is 228 g/mol. The number of rotatable bonds is 2. The van der Waals surface area contributed by atoms with Gasteiger partial charge in [-0.15, -0.1) is 0 Å². The molecule has 0 spiro atoms. The fourth-order valence-electron chi connectivity index (χ4n) is 3.85. The lowest BCUT2D eigenvalue weighted by molar-refractivity contribution is -0.152. The van der Waals surface area contributed by atoms with Gasteiger partial charge in [-0.2, -0.15) is 0 Å². The molecule has 0 aromatic heterocycles. The summed E-state index contributed by atoms with van der Waals surface area (Å²) in [4.78, 5) is 14.9. The summed E-state index contributed by atoms with van der Waals surface area (Å²) in [6, 6.07) is 0. The second kappa shape index (κ2) is 4.82. The van der Waals surface area contributed by atoms with E-state index in [1.54, 1.807) is 0 Å². The Balaban J connectivity index is 1.72. The summed E-state index contributed by atoms with van der Waals surface area (Å²) in [5.74, 6) is 0.310. The Kier molecular flexibility index (Phi) is 3.32. The highest BCUT2D eigenvalue weighted by molar-refractivity contribution is 5.83. The van der Waals surface area contributed by atoms with Crippen LogP contribution in [0, 0.1) is 5.41 Å². The number of hydrogen-bond donors (Lipinski definition) is 1. The summed E-state index contributed by atoms with van der Waals surface area (Å²) in [5.41, 5.74) is 5.70. The topological polar surface area (TPSA) is 55.6 Å². The van der Waals surface area contributed by atoms with Gasteiger partial charge in [0.15, 0.2) is 0 Å². The number of nitrogens with zero attached hydrogens (tertiary/aromatic N) is 1. The fourth-order valence-corrected chi connectivity index (χ4v) is 3.85. The van der Waals surface area contributed by atoms with Gasteiger partial charge < -0.3 is 15.4 Å². The molecule has 2 heterocycles. The zero-order valence-electron chi connectivity index (χ0n) is 11.1. The van der Waals surface area contributed by atoms with Crippen LogP contribution in [0.5, 0.6) is 0 Å². The Morgan fingerprint density at radius 3 is 2.33 bits per heavy atom. The van der Waals surface area contributed by atoms with Crippen molar-refractivity contribution >= 4 is 5.91 Å². The number of morpholine rings is 1. The van der Waals surface area contributed by atoms with E-state index in [1.807, 2.05) is 4.90 Å². The van der Waals surface area contributed by atoms with Crippen LogP contribution in [0.4, 0.5) is 0 Å². The molecule has 1 amide bonds. The first-order valence-electron chi connectivity index (χ1n) is 7.38. The number of fused-ring (bicyclic) bond motifs is 2. The van der Waals surface area contributed by atoms with Gasteiger partial charge in [0.25, 0.3) is 0 Å². The number of carbonyl (C=O) groups excluding carboxylic acids is 1. The number of nitrogens with two attached hydrogens (primary N) is 1. The maximum absolute atomic E-state index is 12.8. The summed E-state index contributed by atoms with van der Waals surface area (Å²) in [6.07, 6.45) is 8.32. The molecule has 0 radical (unpaired) electrons. The summed E-state index contributed by atoms with van der Waals surface area (Å²) in [7, 11) is 0. The lowest BCUT2D eigenvalue weighted by Crippen LogP contribution is -2.54. The second-order valence-electron chi connectivity index (χ2n) is 6.21. The monoisotopic (exact) mass is 252 g/mol. The van der Waals surface area contributed by atoms with Crippen LogP contribution in [0.25, 0.3) is 0 Å². The standard InChI is InChI=1S/C14H24N2O2/c15-10-14(6-2-1-3-7-14)13(17)16-8-11-4-5-12(9-16)18-11/h11-12H,1-10,15H2. The Morgan fingerprint density at radius 1 is 1.17 bits per heavy atom. The van der Waals surface area contributed by atoms with Gasteiger partial charge in [0.1, 0.15) is 0 Å². The molecule has 4 nitrogen and oxygen atoms in total. The van der Waals surface area contributed by atoms with Crippen molar-refractivity contribution in [1.82, 2.24) is 4.90 Å². The normalized spacial score (nSPS) is 34.6. The zero-order valence-corrected chi connectivity index (χ0v) is 11.1. The van der Waals surface area contributed by atoms with Gasteiger partial charge in [0.2, 0.25) is 5.91 Å². The smallest absolute Gasteiger partial charge is 0.230 e. The van der Waals surface area contributed by atoms with Crippen LogP contribution in [0.3, 0.4) is 0 Å². The first-order valence-corrected chi connectivity index (χ1v) is 7.38. The molecule has 3 fully saturated rings. The summed E-state index contributed by atoms with van der Waals surface area (Å²) in [5, 5.41) is 0. The SMILES string of the molecule is NCC1(C(=O)N2CC3CCC(C2)O3)CCCCC1. The van der Waals surface area contributed by atoms with Gasteiger partial charge in [0.05, 0.1) is 17.6 Å². The first kappa shape index (κ1) is 12.4. The van der Waals surface area contributed by atoms with Gasteiger partial charge in [0, 0.05) is 19.6 Å². The maximum Gasteiger partial charge on any atom is 0.230 e. The minimum atomic E-state index is -0.255. The predicted octanol–water partition coefficient (Wildman–Crippen LogP) is 1.29. The molecule has 3 rings (SSSR count). The first-order chi connectivity index (χ1) is 8.73. The van der Waals surface area contributed by atoms with Gasteiger partial charge >= 0.3 is 0 Å². The molecule has 18 heavy (non-hydrogen) atoms. The van der Waals surface area contributed by atoms with Crippen molar-refractivity contribution in [2.75, 3.05) is 19.6 Å². The molecule has 2 unspecified atom stereocenters. The molecule has 2 bridgehead atoms. The minimum absolute atomic E-state index is 0.255. The van der Waals surface area contributed by atoms with E-state index in [0.717, 1.165) is 51.6 Å². The van der Waals surface area contributed by atoms with Crippen molar-refractivity contribution in [3.8, 4) is 0 Å². The molecule has 3 aliphatic rings. The van der Waals surface area contributed by atoms with Crippen LogP contribution in [0.2, 0.25) is 0 Å². The zero-order chi connectivity index (χ0) is 12.6. The maximum atomic E-state index is 12.8. The number of carbonyl (C=O) groups is 1. The average molecular weight is 252 g/mol. The Morgan fingerprint density at radius 2 is 1.78 bits per heavy atom. The molecular formula is C14H24N2O2. The number of ether oxygens (including phenoxy) is 1. The highest BCUT2D eigenvalue weighted by Crippen LogP contribution is 2.38. The highest BCUT2D eigenvalue weighted by atomic mass is 16.5. The largest absolute Gasteiger partial charge is 0.371 e. The second-order valence-corrected chi connectivity index (χ2v) is 6.21. The minimum Gasteiger partial charge on any atom is -0.371 e. The van der Waals surface area contributed by atoms with Crippen molar-refractivity contribution in [2.45, 2.75) is 57.2 Å². The third-order valence-corrected chi connectivity index (χ3v) is 4.99. The Hall–Kier alpha value is -0.610. The number of amides is 1. The molecule has 0 aromatic rings. The van der Waals surface area contributed by atoms with Crippen molar-refractivity contribution < 1.29 is 9.53 Å². The van der Waals surface area contributed by atoms with Crippen LogP contribution in [0.15, 0.2) is 0 Å². The van der Waals surface area contributed by atoms with E-state index in [0.29, 0.717) is 12.5 Å². The third-order valence-electron chi connectivity index (χ3n) is 4.99. The third kappa shape index (κ3) is 2.05. The molecule has 0 aromatic carbocycles. The lowest BCUT2D eigenvalue weighted by atomic mass is 9.73. The number of likely N-dealkylation sites (tertiary alicyclic amines) is 1. The Bertz CT molecular complexity index is 314. The van der Waals surface area contributed by atoms with Crippen molar-refractivity contribution in [3.63, 3.8) is 0 Å². The molecule has 1 aliphatic carbocycles. The van der Waals surface area contributed by atoms with Gasteiger partial charge in [-0.3, -0.25) is 4.79 Å². The molecule has 102 valence electrons. The predicted molar refractivity (Wildman–Crippen MR) is 69.0 cm³/mol. The van der Waals surface area contributed by atoms with Crippen LogP contribution in [0.1, 0.15) is 44.9 Å². The van der Waals surface area contributed by atoms with E-state index >= 15 is 0 Å².